The fraction of sp³-hybridized carbons (Fsp3) is 0.389. The van der Waals surface area contributed by atoms with Gasteiger partial charge in [0, 0.05) is 14.7 Å². The molecule has 0 atom stereocenters. The molecule has 0 amide bonds. The maximum atomic E-state index is 11.1. The molecule has 0 spiro atoms. The Hall–Kier alpha value is -1.11. The Bertz CT molecular complexity index is 730. The first-order valence-corrected chi connectivity index (χ1v) is 12.4. The highest BCUT2D eigenvalue weighted by atomic mass is 79.9. The van der Waals surface area contributed by atoms with Crippen molar-refractivity contribution in [2.45, 2.75) is 45.3 Å². The summed E-state index contributed by atoms with van der Waals surface area (Å²) in [5, 5.41) is 11.2. The van der Waals surface area contributed by atoms with Crippen LogP contribution in [0, 0.1) is 0 Å². The van der Waals surface area contributed by atoms with E-state index in [1.165, 1.54) is 0 Å². The van der Waals surface area contributed by atoms with Crippen molar-refractivity contribution in [1.82, 2.24) is 0 Å². The molecule has 0 saturated carbocycles. The second-order valence-corrected chi connectivity index (χ2v) is 13.8. The van der Waals surface area contributed by atoms with Crippen LogP contribution in [-0.4, -0.2) is 19.4 Å². The zero-order chi connectivity index (χ0) is 18.1. The molecular formula is C18H23BrO3SSi. The van der Waals surface area contributed by atoms with Gasteiger partial charge >= 0.3 is 5.97 Å². The lowest BCUT2D eigenvalue weighted by molar-refractivity contribution is -0.136. The van der Waals surface area contributed by atoms with Gasteiger partial charge < -0.3 is 9.53 Å². The van der Waals surface area contributed by atoms with Gasteiger partial charge in [-0.15, -0.1) is 11.3 Å². The molecule has 1 heterocycles. The maximum Gasteiger partial charge on any atom is 0.307 e. The van der Waals surface area contributed by atoms with Gasteiger partial charge in [0.25, 0.3) is 0 Å². The number of thiophene rings is 1. The number of halogens is 1. The molecular weight excluding hydrogens is 404 g/mol. The van der Waals surface area contributed by atoms with Crippen LogP contribution in [0.3, 0.4) is 0 Å². The Kier molecular flexibility index (Phi) is 5.62. The number of carbonyl (C=O) groups is 1. The molecule has 2 rings (SSSR count). The first kappa shape index (κ1) is 19.2. The quantitative estimate of drug-likeness (QED) is 0.579. The lowest BCUT2D eigenvalue weighted by Gasteiger charge is -2.36. The molecule has 130 valence electrons. The van der Waals surface area contributed by atoms with E-state index in [2.05, 4.69) is 49.8 Å². The van der Waals surface area contributed by atoms with Gasteiger partial charge in [0.2, 0.25) is 8.32 Å². The summed E-state index contributed by atoms with van der Waals surface area (Å²) in [6.07, 6.45) is 0.0155. The number of hydrogen-bond donors (Lipinski definition) is 1. The first-order chi connectivity index (χ1) is 11.0. The van der Waals surface area contributed by atoms with Crippen LogP contribution in [0.2, 0.25) is 18.1 Å². The fourth-order valence-corrected chi connectivity index (χ4v) is 4.78. The first-order valence-electron chi connectivity index (χ1n) is 7.78. The second-order valence-electron chi connectivity index (χ2n) is 7.35. The minimum Gasteiger partial charge on any atom is -0.544 e. The van der Waals surface area contributed by atoms with E-state index in [-0.39, 0.29) is 11.5 Å². The smallest absolute Gasteiger partial charge is 0.307 e. The van der Waals surface area contributed by atoms with E-state index in [9.17, 15) is 4.79 Å². The number of carboxylic acids is 1. The van der Waals surface area contributed by atoms with Crippen LogP contribution >= 0.6 is 27.3 Å². The zero-order valence-corrected chi connectivity index (χ0v) is 18.0. The zero-order valence-electron chi connectivity index (χ0n) is 14.6. The third-order valence-electron chi connectivity index (χ3n) is 4.47. The molecule has 0 aliphatic rings. The summed E-state index contributed by atoms with van der Waals surface area (Å²) in [5.41, 5.74) is 1.84. The number of hydrogen-bond acceptors (Lipinski definition) is 3. The van der Waals surface area contributed by atoms with Crippen LogP contribution in [0.4, 0.5) is 0 Å². The number of benzene rings is 1. The van der Waals surface area contributed by atoms with Gasteiger partial charge in [0.05, 0.1) is 6.42 Å². The summed E-state index contributed by atoms with van der Waals surface area (Å²) >= 11 is 5.00. The molecule has 6 heteroatoms. The van der Waals surface area contributed by atoms with Crippen LogP contribution < -0.4 is 4.43 Å². The Morgan fingerprint density at radius 2 is 1.83 bits per heavy atom. The highest BCUT2D eigenvalue weighted by molar-refractivity contribution is 9.10. The number of aliphatic carboxylic acids is 1. The average molecular weight is 427 g/mol. The average Bonchev–Trinajstić information content (AvgIpc) is 2.79. The molecule has 0 aliphatic carbocycles. The van der Waals surface area contributed by atoms with Crippen molar-refractivity contribution in [3.05, 3.63) is 39.7 Å². The largest absolute Gasteiger partial charge is 0.544 e. The van der Waals surface area contributed by atoms with Crippen molar-refractivity contribution in [3.8, 4) is 16.2 Å². The molecule has 0 radical (unpaired) electrons. The van der Waals surface area contributed by atoms with Crippen molar-refractivity contribution >= 4 is 41.6 Å². The van der Waals surface area contributed by atoms with E-state index in [1.807, 2.05) is 29.6 Å². The molecule has 1 aromatic heterocycles. The van der Waals surface area contributed by atoms with Crippen LogP contribution in [-0.2, 0) is 11.2 Å². The summed E-state index contributed by atoms with van der Waals surface area (Å²) in [7, 11) is -1.85. The predicted octanol–water partition coefficient (Wildman–Crippen LogP) is 6.19. The predicted molar refractivity (Wildman–Crippen MR) is 107 cm³/mol. The minimum atomic E-state index is -1.85. The van der Waals surface area contributed by atoms with Crippen LogP contribution in [0.5, 0.6) is 5.75 Å². The maximum absolute atomic E-state index is 11.1. The van der Waals surface area contributed by atoms with E-state index in [1.54, 1.807) is 11.3 Å². The van der Waals surface area contributed by atoms with Crippen molar-refractivity contribution in [2.24, 2.45) is 0 Å². The van der Waals surface area contributed by atoms with Crippen molar-refractivity contribution in [2.75, 3.05) is 0 Å². The number of rotatable bonds is 5. The minimum absolute atomic E-state index is 0.0155. The van der Waals surface area contributed by atoms with E-state index in [0.717, 1.165) is 26.2 Å². The third kappa shape index (κ3) is 4.29. The summed E-state index contributed by atoms with van der Waals surface area (Å²) in [6.45, 7) is 11.1. The lowest BCUT2D eigenvalue weighted by Crippen LogP contribution is -2.43. The van der Waals surface area contributed by atoms with Gasteiger partial charge in [0.15, 0.2) is 0 Å². The fourth-order valence-electron chi connectivity index (χ4n) is 2.04. The topological polar surface area (TPSA) is 46.5 Å². The van der Waals surface area contributed by atoms with Crippen LogP contribution in [0.15, 0.2) is 34.1 Å². The number of carboxylic acid groups (broad SMARTS) is 1. The Morgan fingerprint density at radius 3 is 2.33 bits per heavy atom. The van der Waals surface area contributed by atoms with E-state index in [0.29, 0.717) is 0 Å². The highest BCUT2D eigenvalue weighted by Gasteiger charge is 2.38. The van der Waals surface area contributed by atoms with Crippen molar-refractivity contribution in [1.29, 1.82) is 0 Å². The normalized spacial score (nSPS) is 12.2. The van der Waals surface area contributed by atoms with Crippen molar-refractivity contribution < 1.29 is 14.3 Å². The molecule has 1 N–H and O–H groups in total. The van der Waals surface area contributed by atoms with E-state index < -0.39 is 14.3 Å². The molecule has 0 aliphatic heterocycles. The monoisotopic (exact) mass is 426 g/mol. The Labute approximate surface area is 156 Å². The molecule has 2 aromatic rings. The van der Waals surface area contributed by atoms with Gasteiger partial charge in [-0.1, -0.05) is 20.8 Å². The summed E-state index contributed by atoms with van der Waals surface area (Å²) in [4.78, 5) is 12.1. The molecule has 3 nitrogen and oxygen atoms in total. The van der Waals surface area contributed by atoms with Gasteiger partial charge in [-0.2, -0.15) is 0 Å². The molecule has 0 bridgehead atoms. The second kappa shape index (κ2) is 7.02. The van der Waals surface area contributed by atoms with Crippen molar-refractivity contribution in [3.63, 3.8) is 0 Å². The molecule has 0 unspecified atom stereocenters. The summed E-state index contributed by atoms with van der Waals surface area (Å²) in [6, 6.07) is 7.97. The molecule has 0 fully saturated rings. The Morgan fingerprint density at radius 1 is 1.25 bits per heavy atom. The summed E-state index contributed by atoms with van der Waals surface area (Å²) in [5.74, 6) is 0.0500. The van der Waals surface area contributed by atoms with Gasteiger partial charge in [-0.3, -0.25) is 4.79 Å². The van der Waals surface area contributed by atoms with Crippen LogP contribution in [0.1, 0.15) is 26.3 Å². The lowest BCUT2D eigenvalue weighted by atomic mass is 10.1. The molecule has 0 saturated heterocycles. The van der Waals surface area contributed by atoms with Gasteiger partial charge in [-0.25, -0.2) is 0 Å². The van der Waals surface area contributed by atoms with E-state index in [4.69, 9.17) is 9.53 Å². The highest BCUT2D eigenvalue weighted by Crippen LogP contribution is 2.39. The third-order valence-corrected chi connectivity index (χ3v) is 10.9. The van der Waals surface area contributed by atoms with Gasteiger partial charge in [0.1, 0.15) is 5.75 Å². The van der Waals surface area contributed by atoms with E-state index >= 15 is 0 Å². The van der Waals surface area contributed by atoms with Gasteiger partial charge in [-0.05, 0) is 69.5 Å². The standard InChI is InChI=1S/C18H23BrO3SSi/c1-18(2,3)24(4,5)22-13-8-6-12(7-9-13)17-14(10-16(20)21)15(19)11-23-17/h6-9,11H,10H2,1-5H3,(H,20,21). The Balaban J connectivity index is 2.26. The SMILES string of the molecule is CC(C)(C)[Si](C)(C)Oc1ccc(-c2scc(Br)c2CC(=O)O)cc1. The molecule has 1 aromatic carbocycles. The van der Waals surface area contributed by atoms with Crippen LogP contribution in [0.25, 0.3) is 10.4 Å². The molecule has 24 heavy (non-hydrogen) atoms. The summed E-state index contributed by atoms with van der Waals surface area (Å²) < 4.78 is 7.15.